The number of nitrogens with two attached hydrogens (primary N) is 1. The maximum absolute atomic E-state index is 13.7. The van der Waals surface area contributed by atoms with Crippen LogP contribution in [0.2, 0.25) is 0 Å². The number of nitrogens with zero attached hydrogens (tertiary/aromatic N) is 3. The van der Waals surface area contributed by atoms with Crippen LogP contribution in [0.25, 0.3) is 5.57 Å². The molecule has 29 heavy (non-hydrogen) atoms. The highest BCUT2D eigenvalue weighted by atomic mass is 32.1. The molecule has 0 unspecified atom stereocenters. The first-order valence-corrected chi connectivity index (χ1v) is 9.51. The molecule has 3 N–H and O–H groups in total. The van der Waals surface area contributed by atoms with Gasteiger partial charge in [0.15, 0.2) is 0 Å². The van der Waals surface area contributed by atoms with Gasteiger partial charge in [-0.05, 0) is 30.7 Å². The van der Waals surface area contributed by atoms with E-state index in [0.29, 0.717) is 28.4 Å². The zero-order valence-electron chi connectivity index (χ0n) is 15.4. The number of hydrogen-bond donors (Lipinski definition) is 2. The fourth-order valence-electron chi connectivity index (χ4n) is 2.45. The van der Waals surface area contributed by atoms with Crippen LogP contribution in [0.1, 0.15) is 29.3 Å². The fraction of sp³-hybridized carbons (Fsp3) is 0.100. The van der Waals surface area contributed by atoms with Crippen molar-refractivity contribution in [3.8, 4) is 0 Å². The summed E-state index contributed by atoms with van der Waals surface area (Å²) >= 11 is 1.39. The van der Waals surface area contributed by atoms with Crippen molar-refractivity contribution in [2.75, 3.05) is 5.32 Å². The number of carbonyl (C=O) groups is 1. The SMILES string of the molecule is CCC(N)=C(C=Nc1nccs1)c1ccc(NC(=O)c2c(F)cccc2F)nc1. The van der Waals surface area contributed by atoms with Crippen molar-refractivity contribution in [2.24, 2.45) is 10.7 Å². The molecule has 3 rings (SSSR count). The number of aliphatic imine (C=N–C) groups is 1. The van der Waals surface area contributed by atoms with Crippen LogP contribution in [0.5, 0.6) is 0 Å². The lowest BCUT2D eigenvalue weighted by molar-refractivity contribution is 0.101. The lowest BCUT2D eigenvalue weighted by Gasteiger charge is -2.09. The Labute approximate surface area is 169 Å². The summed E-state index contributed by atoms with van der Waals surface area (Å²) in [6.45, 7) is 1.91. The highest BCUT2D eigenvalue weighted by Gasteiger charge is 2.17. The Kier molecular flexibility index (Phi) is 6.40. The Bertz CT molecular complexity index is 1040. The first-order chi connectivity index (χ1) is 14.0. The summed E-state index contributed by atoms with van der Waals surface area (Å²) in [6.07, 6.45) is 5.37. The van der Waals surface area contributed by atoms with Crippen molar-refractivity contribution in [3.63, 3.8) is 0 Å². The number of carbonyl (C=O) groups excluding carboxylic acids is 1. The standard InChI is InChI=1S/C20H17F2N5OS/c1-2-16(23)13(11-26-20-24-8-9-29-20)12-6-7-17(25-10-12)27-19(28)18-14(21)4-3-5-15(18)22/h3-11H,2,23H2,1H3,(H,25,27,28). The molecule has 0 spiro atoms. The van der Waals surface area contributed by atoms with Crippen molar-refractivity contribution in [1.29, 1.82) is 0 Å². The zero-order chi connectivity index (χ0) is 20.8. The topological polar surface area (TPSA) is 93.3 Å². The molecular formula is C20H17F2N5OS. The molecule has 1 amide bonds. The summed E-state index contributed by atoms with van der Waals surface area (Å²) < 4.78 is 27.5. The smallest absolute Gasteiger partial charge is 0.262 e. The van der Waals surface area contributed by atoms with Crippen molar-refractivity contribution >= 4 is 40.0 Å². The molecule has 0 saturated carbocycles. The number of halogens is 2. The van der Waals surface area contributed by atoms with Gasteiger partial charge in [-0.2, -0.15) is 0 Å². The number of pyridine rings is 1. The van der Waals surface area contributed by atoms with Crippen molar-refractivity contribution < 1.29 is 13.6 Å². The first kappa shape index (κ1) is 20.3. The normalized spacial score (nSPS) is 12.1. The monoisotopic (exact) mass is 413 g/mol. The van der Waals surface area contributed by atoms with Gasteiger partial charge in [-0.25, -0.2) is 23.7 Å². The Hall–Kier alpha value is -3.46. The van der Waals surface area contributed by atoms with E-state index < -0.39 is 23.1 Å². The maximum Gasteiger partial charge on any atom is 0.262 e. The molecule has 0 fully saturated rings. The van der Waals surface area contributed by atoms with E-state index >= 15 is 0 Å². The second-order valence-corrected chi connectivity index (χ2v) is 6.72. The van der Waals surface area contributed by atoms with Gasteiger partial charge in [-0.1, -0.05) is 13.0 Å². The minimum atomic E-state index is -0.946. The van der Waals surface area contributed by atoms with Gasteiger partial charge in [0.25, 0.3) is 5.91 Å². The molecule has 9 heteroatoms. The third kappa shape index (κ3) is 4.88. The van der Waals surface area contributed by atoms with Crippen LogP contribution in [0.4, 0.5) is 19.7 Å². The number of rotatable bonds is 6. The quantitative estimate of drug-likeness (QED) is 0.580. The second-order valence-electron chi connectivity index (χ2n) is 5.85. The Morgan fingerprint density at radius 1 is 1.24 bits per heavy atom. The summed E-state index contributed by atoms with van der Waals surface area (Å²) in [5, 5.41) is 4.79. The van der Waals surface area contributed by atoms with Gasteiger partial charge in [-0.15, -0.1) is 11.3 Å². The number of amides is 1. The van der Waals surface area contributed by atoms with Crippen LogP contribution >= 0.6 is 11.3 Å². The molecule has 0 radical (unpaired) electrons. The number of nitrogens with one attached hydrogen (secondary N) is 1. The molecule has 0 aliphatic rings. The van der Waals surface area contributed by atoms with E-state index in [4.69, 9.17) is 5.73 Å². The van der Waals surface area contributed by atoms with E-state index in [0.717, 1.165) is 12.1 Å². The number of anilines is 1. The minimum absolute atomic E-state index is 0.146. The van der Waals surface area contributed by atoms with Gasteiger partial charge >= 0.3 is 0 Å². The van der Waals surface area contributed by atoms with Crippen molar-refractivity contribution in [1.82, 2.24) is 9.97 Å². The maximum atomic E-state index is 13.7. The van der Waals surface area contributed by atoms with Crippen LogP contribution in [0, 0.1) is 11.6 Å². The predicted molar refractivity (Wildman–Crippen MR) is 110 cm³/mol. The number of aromatic nitrogens is 2. The fourth-order valence-corrected chi connectivity index (χ4v) is 2.93. The van der Waals surface area contributed by atoms with Gasteiger partial charge in [-0.3, -0.25) is 4.79 Å². The van der Waals surface area contributed by atoms with E-state index in [1.54, 1.807) is 18.5 Å². The summed E-state index contributed by atoms with van der Waals surface area (Å²) in [5.74, 6) is -2.67. The average Bonchev–Trinajstić information content (AvgIpc) is 3.22. The second kappa shape index (κ2) is 9.16. The molecule has 0 saturated heterocycles. The van der Waals surface area contributed by atoms with E-state index in [1.807, 2.05) is 12.3 Å². The number of hydrogen-bond acceptors (Lipinski definition) is 6. The summed E-state index contributed by atoms with van der Waals surface area (Å²) in [6, 6.07) is 6.42. The van der Waals surface area contributed by atoms with Crippen LogP contribution in [-0.4, -0.2) is 22.1 Å². The van der Waals surface area contributed by atoms with Crippen LogP contribution < -0.4 is 11.1 Å². The Balaban J connectivity index is 1.81. The molecule has 2 heterocycles. The first-order valence-electron chi connectivity index (χ1n) is 8.63. The lowest BCUT2D eigenvalue weighted by Crippen LogP contribution is -2.16. The van der Waals surface area contributed by atoms with Gasteiger partial charge < -0.3 is 11.1 Å². The molecule has 1 aromatic carbocycles. The summed E-state index contributed by atoms with van der Waals surface area (Å²) in [7, 11) is 0. The lowest BCUT2D eigenvalue weighted by atomic mass is 10.1. The third-order valence-corrected chi connectivity index (χ3v) is 4.64. The van der Waals surface area contributed by atoms with Crippen molar-refractivity contribution in [2.45, 2.75) is 13.3 Å². The molecule has 148 valence electrons. The molecule has 0 aliphatic heterocycles. The van der Waals surface area contributed by atoms with E-state index in [-0.39, 0.29) is 5.82 Å². The molecule has 0 atom stereocenters. The number of thiazole rings is 1. The number of allylic oxidation sites excluding steroid dienone is 2. The van der Waals surface area contributed by atoms with Crippen LogP contribution in [0.3, 0.4) is 0 Å². The highest BCUT2D eigenvalue weighted by Crippen LogP contribution is 2.21. The van der Waals surface area contributed by atoms with E-state index in [2.05, 4.69) is 20.3 Å². The largest absolute Gasteiger partial charge is 0.402 e. The van der Waals surface area contributed by atoms with Gasteiger partial charge in [0, 0.05) is 40.8 Å². The summed E-state index contributed by atoms with van der Waals surface area (Å²) in [4.78, 5) is 24.7. The van der Waals surface area contributed by atoms with Crippen LogP contribution in [0.15, 0.2) is 58.8 Å². The minimum Gasteiger partial charge on any atom is -0.402 e. The Morgan fingerprint density at radius 2 is 2.00 bits per heavy atom. The molecule has 0 bridgehead atoms. The number of benzene rings is 1. The molecule has 6 nitrogen and oxygen atoms in total. The Morgan fingerprint density at radius 3 is 2.59 bits per heavy atom. The molecular weight excluding hydrogens is 396 g/mol. The molecule has 0 aliphatic carbocycles. The zero-order valence-corrected chi connectivity index (χ0v) is 16.2. The van der Waals surface area contributed by atoms with Gasteiger partial charge in [0.1, 0.15) is 23.0 Å². The highest BCUT2D eigenvalue weighted by molar-refractivity contribution is 7.13. The van der Waals surface area contributed by atoms with E-state index in [9.17, 15) is 13.6 Å². The molecule has 3 aromatic rings. The predicted octanol–water partition coefficient (Wildman–Crippen LogP) is 4.55. The van der Waals surface area contributed by atoms with E-state index in [1.165, 1.54) is 29.7 Å². The van der Waals surface area contributed by atoms with Crippen LogP contribution in [-0.2, 0) is 0 Å². The van der Waals surface area contributed by atoms with Crippen molar-refractivity contribution in [3.05, 3.63) is 76.6 Å². The van der Waals surface area contributed by atoms with Gasteiger partial charge in [0.2, 0.25) is 5.13 Å². The third-order valence-electron chi connectivity index (χ3n) is 3.96. The average molecular weight is 413 g/mol. The molecule has 2 aromatic heterocycles. The summed E-state index contributed by atoms with van der Waals surface area (Å²) in [5.41, 5.74) is 7.41. The van der Waals surface area contributed by atoms with Gasteiger partial charge in [0.05, 0.1) is 0 Å².